The molecule has 2 heterocycles. The highest BCUT2D eigenvalue weighted by molar-refractivity contribution is 7.05. The van der Waals surface area contributed by atoms with Crippen LogP contribution in [0, 0.1) is 0 Å². The van der Waals surface area contributed by atoms with Gasteiger partial charge in [0.25, 0.3) is 0 Å². The van der Waals surface area contributed by atoms with Gasteiger partial charge in [-0.3, -0.25) is 0 Å². The molecule has 0 saturated carbocycles. The molecule has 0 aliphatic carbocycles. The van der Waals surface area contributed by atoms with Crippen LogP contribution >= 0.6 is 11.5 Å². The topological polar surface area (TPSA) is 47.0 Å². The fourth-order valence-corrected chi connectivity index (χ4v) is 2.07. The molecule has 1 aromatic heterocycles. The summed E-state index contributed by atoms with van der Waals surface area (Å²) in [5.74, 6) is 1.01. The van der Waals surface area contributed by atoms with Gasteiger partial charge in [0.2, 0.25) is 0 Å². The first-order valence-electron chi connectivity index (χ1n) is 4.75. The summed E-state index contributed by atoms with van der Waals surface area (Å²) >= 11 is 1.41. The van der Waals surface area contributed by atoms with Crippen molar-refractivity contribution in [3.63, 3.8) is 0 Å². The molecule has 1 unspecified atom stereocenters. The highest BCUT2D eigenvalue weighted by Crippen LogP contribution is 2.27. The molecule has 0 saturated heterocycles. The lowest BCUT2D eigenvalue weighted by atomic mass is 10.2. The lowest BCUT2D eigenvalue weighted by Crippen LogP contribution is -2.22. The Bertz CT molecular complexity index is 310. The Morgan fingerprint density at radius 1 is 1.71 bits per heavy atom. The Kier molecular flexibility index (Phi) is 3.10. The van der Waals surface area contributed by atoms with Gasteiger partial charge < -0.3 is 10.1 Å². The normalized spacial score (nSPS) is 17.6. The zero-order valence-corrected chi connectivity index (χ0v) is 8.88. The van der Waals surface area contributed by atoms with Crippen molar-refractivity contribution in [3.05, 3.63) is 22.9 Å². The van der Waals surface area contributed by atoms with E-state index in [1.807, 2.05) is 0 Å². The standard InChI is InChI=1S/C9H13N3OS/c1-2-10-9(7-4-3-5-13-7)8-6-11-12-14-8/h4,6,9-10H,2-3,5H2,1H3. The quantitative estimate of drug-likeness (QED) is 0.819. The molecule has 0 fully saturated rings. The molecule has 1 N–H and O–H groups in total. The highest BCUT2D eigenvalue weighted by atomic mass is 32.1. The number of ether oxygens (including phenoxy) is 1. The Morgan fingerprint density at radius 3 is 3.21 bits per heavy atom. The third-order valence-corrected chi connectivity index (χ3v) is 2.82. The summed E-state index contributed by atoms with van der Waals surface area (Å²) in [6, 6.07) is 0.141. The zero-order chi connectivity index (χ0) is 9.80. The van der Waals surface area contributed by atoms with Crippen molar-refractivity contribution in [2.75, 3.05) is 13.2 Å². The maximum absolute atomic E-state index is 5.54. The molecule has 1 aliphatic heterocycles. The van der Waals surface area contributed by atoms with E-state index in [2.05, 4.69) is 27.9 Å². The van der Waals surface area contributed by atoms with E-state index >= 15 is 0 Å². The molecule has 14 heavy (non-hydrogen) atoms. The minimum Gasteiger partial charge on any atom is -0.496 e. The van der Waals surface area contributed by atoms with Crippen LogP contribution in [0.15, 0.2) is 18.0 Å². The summed E-state index contributed by atoms with van der Waals surface area (Å²) in [4.78, 5) is 1.11. The number of likely N-dealkylation sites (N-methyl/N-ethyl adjacent to an activating group) is 1. The van der Waals surface area contributed by atoms with Gasteiger partial charge in [-0.2, -0.15) is 0 Å². The summed E-state index contributed by atoms with van der Waals surface area (Å²) in [6.45, 7) is 3.78. The van der Waals surface area contributed by atoms with Gasteiger partial charge in [0.05, 0.1) is 17.7 Å². The van der Waals surface area contributed by atoms with Crippen molar-refractivity contribution in [2.45, 2.75) is 19.4 Å². The first-order chi connectivity index (χ1) is 6.92. The molecule has 2 rings (SSSR count). The van der Waals surface area contributed by atoms with Gasteiger partial charge in [0.1, 0.15) is 11.8 Å². The second-order valence-electron chi connectivity index (χ2n) is 3.05. The van der Waals surface area contributed by atoms with E-state index in [-0.39, 0.29) is 6.04 Å². The van der Waals surface area contributed by atoms with Crippen molar-refractivity contribution in [1.82, 2.24) is 14.9 Å². The van der Waals surface area contributed by atoms with E-state index < -0.39 is 0 Å². The molecule has 0 radical (unpaired) electrons. The molecule has 1 atom stereocenters. The monoisotopic (exact) mass is 211 g/mol. The maximum Gasteiger partial charge on any atom is 0.115 e. The molecular weight excluding hydrogens is 198 g/mol. The van der Waals surface area contributed by atoms with Gasteiger partial charge in [-0.1, -0.05) is 11.4 Å². The molecule has 0 amide bonds. The van der Waals surface area contributed by atoms with Gasteiger partial charge in [-0.25, -0.2) is 0 Å². The van der Waals surface area contributed by atoms with Gasteiger partial charge >= 0.3 is 0 Å². The molecule has 0 aromatic carbocycles. The Morgan fingerprint density at radius 2 is 2.64 bits per heavy atom. The molecule has 1 aromatic rings. The molecule has 76 valence electrons. The van der Waals surface area contributed by atoms with Crippen LogP contribution in [-0.4, -0.2) is 22.7 Å². The second kappa shape index (κ2) is 4.52. The van der Waals surface area contributed by atoms with Crippen molar-refractivity contribution >= 4 is 11.5 Å². The second-order valence-corrected chi connectivity index (χ2v) is 3.87. The Labute approximate surface area is 87.1 Å². The Hall–Kier alpha value is -0.940. The highest BCUT2D eigenvalue weighted by Gasteiger charge is 2.21. The van der Waals surface area contributed by atoms with E-state index in [1.165, 1.54) is 11.5 Å². The smallest absolute Gasteiger partial charge is 0.115 e. The third kappa shape index (κ3) is 1.93. The van der Waals surface area contributed by atoms with Crippen molar-refractivity contribution in [3.8, 4) is 0 Å². The first-order valence-corrected chi connectivity index (χ1v) is 5.52. The summed E-state index contributed by atoms with van der Waals surface area (Å²) in [6.07, 6.45) is 4.93. The van der Waals surface area contributed by atoms with Crippen molar-refractivity contribution in [1.29, 1.82) is 0 Å². The van der Waals surface area contributed by atoms with Crippen molar-refractivity contribution in [2.24, 2.45) is 0 Å². The number of hydrogen-bond acceptors (Lipinski definition) is 5. The van der Waals surface area contributed by atoms with E-state index in [1.54, 1.807) is 6.20 Å². The van der Waals surface area contributed by atoms with E-state index in [0.29, 0.717) is 0 Å². The lowest BCUT2D eigenvalue weighted by molar-refractivity contribution is 0.217. The number of nitrogens with zero attached hydrogens (tertiary/aromatic N) is 2. The zero-order valence-electron chi connectivity index (χ0n) is 8.06. The number of aromatic nitrogens is 2. The van der Waals surface area contributed by atoms with Crippen LogP contribution in [0.2, 0.25) is 0 Å². The predicted molar refractivity (Wildman–Crippen MR) is 55.0 cm³/mol. The van der Waals surface area contributed by atoms with Gasteiger partial charge in [-0.15, -0.1) is 5.10 Å². The van der Waals surface area contributed by atoms with Gasteiger partial charge in [0.15, 0.2) is 0 Å². The molecule has 0 bridgehead atoms. The molecule has 5 heteroatoms. The third-order valence-electron chi connectivity index (χ3n) is 2.09. The summed E-state index contributed by atoms with van der Waals surface area (Å²) in [7, 11) is 0. The van der Waals surface area contributed by atoms with Crippen LogP contribution in [0.25, 0.3) is 0 Å². The van der Waals surface area contributed by atoms with E-state index in [0.717, 1.165) is 30.2 Å². The van der Waals surface area contributed by atoms with Crippen LogP contribution in [0.1, 0.15) is 24.3 Å². The predicted octanol–water partition coefficient (Wildman–Crippen LogP) is 1.49. The minimum absolute atomic E-state index is 0.141. The maximum atomic E-state index is 5.54. The first kappa shape index (κ1) is 9.61. The van der Waals surface area contributed by atoms with Crippen LogP contribution < -0.4 is 5.32 Å². The molecular formula is C9H13N3OS. The van der Waals surface area contributed by atoms with E-state index in [4.69, 9.17) is 4.74 Å². The molecule has 4 nitrogen and oxygen atoms in total. The largest absolute Gasteiger partial charge is 0.496 e. The van der Waals surface area contributed by atoms with Crippen LogP contribution in [-0.2, 0) is 4.74 Å². The van der Waals surface area contributed by atoms with Crippen molar-refractivity contribution < 1.29 is 4.74 Å². The average Bonchev–Trinajstić information content (AvgIpc) is 2.87. The number of nitrogens with one attached hydrogen (secondary N) is 1. The van der Waals surface area contributed by atoms with Gasteiger partial charge in [0, 0.05) is 6.42 Å². The summed E-state index contributed by atoms with van der Waals surface area (Å²) in [5, 5.41) is 7.21. The number of hydrogen-bond donors (Lipinski definition) is 1. The fourth-order valence-electron chi connectivity index (χ4n) is 1.49. The SMILES string of the molecule is CCNC(C1=CCCO1)c1cnns1. The van der Waals surface area contributed by atoms with Crippen LogP contribution in [0.3, 0.4) is 0 Å². The fraction of sp³-hybridized carbons (Fsp3) is 0.556. The van der Waals surface area contributed by atoms with Crippen LogP contribution in [0.4, 0.5) is 0 Å². The molecule has 0 spiro atoms. The average molecular weight is 211 g/mol. The lowest BCUT2D eigenvalue weighted by Gasteiger charge is -2.16. The van der Waals surface area contributed by atoms with E-state index in [9.17, 15) is 0 Å². The summed E-state index contributed by atoms with van der Waals surface area (Å²) < 4.78 is 9.41. The summed E-state index contributed by atoms with van der Waals surface area (Å²) in [5.41, 5.74) is 0. The number of rotatable bonds is 4. The van der Waals surface area contributed by atoms with Gasteiger partial charge in [-0.05, 0) is 24.2 Å². The minimum atomic E-state index is 0.141. The van der Waals surface area contributed by atoms with Crippen LogP contribution in [0.5, 0.6) is 0 Å². The molecule has 1 aliphatic rings. The Balaban J connectivity index is 2.15.